The van der Waals surface area contributed by atoms with E-state index in [2.05, 4.69) is 10.2 Å². The molecule has 1 rings (SSSR count). The summed E-state index contributed by atoms with van der Waals surface area (Å²) in [6.45, 7) is 2.37. The lowest BCUT2D eigenvalue weighted by molar-refractivity contribution is 0.101. The van der Waals surface area contributed by atoms with Crippen LogP contribution in [0.5, 0.6) is 0 Å². The number of ketones is 1. The van der Waals surface area contributed by atoms with Gasteiger partial charge in [-0.05, 0) is 13.0 Å². The topological polar surface area (TPSA) is 42.9 Å². The number of carbonyl (C=O) groups is 1. The molecule has 0 spiro atoms. The van der Waals surface area contributed by atoms with Crippen LogP contribution in [0.1, 0.15) is 28.7 Å². The lowest BCUT2D eigenvalue weighted by atomic mass is 10.1. The van der Waals surface area contributed by atoms with E-state index in [9.17, 15) is 9.18 Å². The molecule has 0 saturated heterocycles. The smallest absolute Gasteiger partial charge is 0.180 e. The average Bonchev–Trinajstić information content (AvgIpc) is 2.03. The number of nitrogens with zero attached hydrogens (tertiary/aromatic N) is 2. The molecule has 0 bridgehead atoms. The second-order valence-electron chi connectivity index (χ2n) is 2.55. The predicted molar refractivity (Wildman–Crippen MR) is 41.6 cm³/mol. The Balaban J connectivity index is 3.20. The zero-order valence-corrected chi connectivity index (χ0v) is 6.97. The van der Waals surface area contributed by atoms with Crippen molar-refractivity contribution in [2.75, 3.05) is 0 Å². The third kappa shape index (κ3) is 1.64. The summed E-state index contributed by atoms with van der Waals surface area (Å²) in [5.41, 5.74) is 1.06. The van der Waals surface area contributed by atoms with Crippen molar-refractivity contribution in [3.8, 4) is 0 Å². The lowest BCUT2D eigenvalue weighted by Gasteiger charge is -2.00. The number of halogens is 1. The first kappa shape index (κ1) is 8.77. The number of aryl methyl sites for hydroxylation is 1. The highest BCUT2D eigenvalue weighted by Gasteiger charge is 2.09. The van der Waals surface area contributed by atoms with E-state index in [0.717, 1.165) is 0 Å². The van der Waals surface area contributed by atoms with Crippen LogP contribution in [-0.2, 0) is 6.67 Å². The van der Waals surface area contributed by atoms with Gasteiger partial charge in [-0.3, -0.25) is 4.79 Å². The maximum Gasteiger partial charge on any atom is 0.180 e. The van der Waals surface area contributed by atoms with Gasteiger partial charge in [0.25, 0.3) is 0 Å². The summed E-state index contributed by atoms with van der Waals surface area (Å²) in [7, 11) is 0. The van der Waals surface area contributed by atoms with Crippen LogP contribution in [0.2, 0.25) is 0 Å². The molecule has 1 aromatic rings. The van der Waals surface area contributed by atoms with Crippen LogP contribution < -0.4 is 0 Å². The highest BCUT2D eigenvalue weighted by atomic mass is 19.1. The van der Waals surface area contributed by atoms with E-state index in [0.29, 0.717) is 11.3 Å². The first-order chi connectivity index (χ1) is 5.65. The summed E-state index contributed by atoms with van der Waals surface area (Å²) in [5, 5.41) is 7.28. The van der Waals surface area contributed by atoms with Gasteiger partial charge in [-0.1, -0.05) is 0 Å². The molecule has 0 saturated carbocycles. The van der Waals surface area contributed by atoms with Crippen LogP contribution in [0.25, 0.3) is 0 Å². The van der Waals surface area contributed by atoms with Gasteiger partial charge in [0.2, 0.25) is 0 Å². The highest BCUT2D eigenvalue weighted by Crippen LogP contribution is 2.08. The van der Waals surface area contributed by atoms with E-state index in [1.165, 1.54) is 13.0 Å². The number of hydrogen-bond acceptors (Lipinski definition) is 3. The van der Waals surface area contributed by atoms with E-state index in [1.54, 1.807) is 6.92 Å². The summed E-state index contributed by atoms with van der Waals surface area (Å²) < 4.78 is 12.3. The van der Waals surface area contributed by atoms with Crippen molar-refractivity contribution >= 4 is 5.78 Å². The third-order valence-corrected chi connectivity index (χ3v) is 1.47. The second kappa shape index (κ2) is 3.38. The predicted octanol–water partition coefficient (Wildman–Crippen LogP) is 1.46. The van der Waals surface area contributed by atoms with Crippen molar-refractivity contribution in [1.29, 1.82) is 0 Å². The summed E-state index contributed by atoms with van der Waals surface area (Å²) in [6, 6.07) is 1.53. The van der Waals surface area contributed by atoms with Gasteiger partial charge in [0.05, 0.1) is 5.69 Å². The average molecular weight is 168 g/mol. The number of Topliss-reactive ketones (excluding diaryl/α,β-unsaturated/α-hetero) is 1. The van der Waals surface area contributed by atoms with Crippen molar-refractivity contribution in [3.63, 3.8) is 0 Å². The Morgan fingerprint density at radius 3 is 2.75 bits per heavy atom. The van der Waals surface area contributed by atoms with Gasteiger partial charge < -0.3 is 0 Å². The fourth-order valence-electron chi connectivity index (χ4n) is 0.941. The Morgan fingerprint density at radius 2 is 2.25 bits per heavy atom. The Labute approximate surface area is 69.6 Å². The summed E-state index contributed by atoms with van der Waals surface area (Å²) in [5.74, 6) is -0.254. The molecular formula is C8H9FN2O. The van der Waals surface area contributed by atoms with Gasteiger partial charge in [0.15, 0.2) is 5.78 Å². The quantitative estimate of drug-likeness (QED) is 0.628. The standard InChI is InChI=1S/C8H9FN2O/c1-5-3-7(4-9)8(6(2)12)11-10-5/h3H,4H2,1-2H3. The van der Waals surface area contributed by atoms with Crippen LogP contribution in [0.3, 0.4) is 0 Å². The molecule has 3 nitrogen and oxygen atoms in total. The van der Waals surface area contributed by atoms with Gasteiger partial charge in [-0.25, -0.2) is 4.39 Å². The van der Waals surface area contributed by atoms with Gasteiger partial charge >= 0.3 is 0 Å². The van der Waals surface area contributed by atoms with Gasteiger partial charge in [-0.15, -0.1) is 5.10 Å². The summed E-state index contributed by atoms with van der Waals surface area (Å²) in [6.07, 6.45) is 0. The molecule has 0 aliphatic rings. The first-order valence-corrected chi connectivity index (χ1v) is 3.55. The summed E-state index contributed by atoms with van der Waals surface area (Å²) in [4.78, 5) is 10.9. The van der Waals surface area contributed by atoms with Crippen molar-refractivity contribution in [2.45, 2.75) is 20.5 Å². The lowest BCUT2D eigenvalue weighted by Crippen LogP contribution is -2.05. The molecule has 12 heavy (non-hydrogen) atoms. The SMILES string of the molecule is CC(=O)c1nnc(C)cc1CF. The molecule has 1 aromatic heterocycles. The Hall–Kier alpha value is -1.32. The maximum absolute atomic E-state index is 12.3. The molecule has 0 aromatic carbocycles. The van der Waals surface area contributed by atoms with Crippen molar-refractivity contribution in [1.82, 2.24) is 10.2 Å². The van der Waals surface area contributed by atoms with Crippen molar-refractivity contribution in [2.24, 2.45) is 0 Å². The fourth-order valence-corrected chi connectivity index (χ4v) is 0.941. The van der Waals surface area contributed by atoms with Crippen LogP contribution in [0.15, 0.2) is 6.07 Å². The molecule has 4 heteroatoms. The third-order valence-electron chi connectivity index (χ3n) is 1.47. The second-order valence-corrected chi connectivity index (χ2v) is 2.55. The van der Waals surface area contributed by atoms with E-state index in [4.69, 9.17) is 0 Å². The van der Waals surface area contributed by atoms with E-state index >= 15 is 0 Å². The Kier molecular flexibility index (Phi) is 2.47. The zero-order valence-electron chi connectivity index (χ0n) is 6.97. The van der Waals surface area contributed by atoms with Gasteiger partial charge in [-0.2, -0.15) is 5.10 Å². The fraction of sp³-hybridized carbons (Fsp3) is 0.375. The van der Waals surface area contributed by atoms with Crippen LogP contribution >= 0.6 is 0 Å². The Morgan fingerprint density at radius 1 is 1.58 bits per heavy atom. The number of hydrogen-bond donors (Lipinski definition) is 0. The van der Waals surface area contributed by atoms with Gasteiger partial charge in [0, 0.05) is 12.5 Å². The first-order valence-electron chi connectivity index (χ1n) is 3.55. The maximum atomic E-state index is 12.3. The van der Waals surface area contributed by atoms with Crippen molar-refractivity contribution in [3.05, 3.63) is 23.0 Å². The van der Waals surface area contributed by atoms with Crippen LogP contribution in [-0.4, -0.2) is 16.0 Å². The van der Waals surface area contributed by atoms with E-state index in [1.807, 2.05) is 0 Å². The molecular weight excluding hydrogens is 159 g/mol. The van der Waals surface area contributed by atoms with E-state index in [-0.39, 0.29) is 11.5 Å². The molecule has 0 unspecified atom stereocenters. The van der Waals surface area contributed by atoms with Crippen LogP contribution in [0.4, 0.5) is 4.39 Å². The molecule has 0 aliphatic heterocycles. The highest BCUT2D eigenvalue weighted by molar-refractivity contribution is 5.93. The number of carbonyl (C=O) groups excluding carboxylic acids is 1. The normalized spacial score (nSPS) is 9.92. The molecule has 0 amide bonds. The van der Waals surface area contributed by atoms with Crippen LogP contribution in [0, 0.1) is 6.92 Å². The minimum Gasteiger partial charge on any atom is -0.293 e. The Bertz CT molecular complexity index is 312. The molecule has 0 aliphatic carbocycles. The molecule has 1 heterocycles. The number of aromatic nitrogens is 2. The molecule has 0 atom stereocenters. The molecule has 64 valence electrons. The van der Waals surface area contributed by atoms with Gasteiger partial charge in [0.1, 0.15) is 12.4 Å². The molecule has 0 fully saturated rings. The number of alkyl halides is 1. The zero-order chi connectivity index (χ0) is 9.14. The number of rotatable bonds is 2. The monoisotopic (exact) mass is 168 g/mol. The largest absolute Gasteiger partial charge is 0.293 e. The molecule has 0 N–H and O–H groups in total. The minimum atomic E-state index is -0.675. The van der Waals surface area contributed by atoms with E-state index < -0.39 is 6.67 Å². The minimum absolute atomic E-state index is 0.128. The van der Waals surface area contributed by atoms with Crippen molar-refractivity contribution < 1.29 is 9.18 Å². The molecule has 0 radical (unpaired) electrons. The summed E-state index contributed by atoms with van der Waals surface area (Å²) >= 11 is 0.